The molecule has 32 heavy (non-hydrogen) atoms. The summed E-state index contributed by atoms with van der Waals surface area (Å²) >= 11 is 0. The Kier molecular flexibility index (Phi) is 5.39. The van der Waals surface area contributed by atoms with Gasteiger partial charge >= 0.3 is 0 Å². The Balaban J connectivity index is 1.73. The standard InChI is InChI=1S/C29H25N3/c1-21-6-10-23(11-7-21)28-19-25(27-5-3-4-16-31-27)20-29(24-12-8-22(2)9-13-24)32(28)26-14-17-30-18-15-26/h3-20,28H,1-2H3. The number of hydrogen-bond donors (Lipinski definition) is 0. The molecule has 4 aromatic rings. The number of aryl methyl sites for hydroxylation is 2. The molecule has 3 heterocycles. The normalized spacial score (nSPS) is 15.8. The lowest BCUT2D eigenvalue weighted by Gasteiger charge is -2.38. The molecule has 0 fully saturated rings. The van der Waals surface area contributed by atoms with E-state index in [1.165, 1.54) is 22.3 Å². The van der Waals surface area contributed by atoms with Crippen LogP contribution in [0.3, 0.4) is 0 Å². The second kappa shape index (κ2) is 8.64. The van der Waals surface area contributed by atoms with Crippen molar-refractivity contribution in [2.24, 2.45) is 0 Å². The summed E-state index contributed by atoms with van der Waals surface area (Å²) < 4.78 is 0. The molecule has 2 aromatic heterocycles. The molecule has 1 atom stereocenters. The highest BCUT2D eigenvalue weighted by atomic mass is 15.2. The van der Waals surface area contributed by atoms with Gasteiger partial charge in [-0.25, -0.2) is 0 Å². The van der Waals surface area contributed by atoms with E-state index in [-0.39, 0.29) is 6.04 Å². The van der Waals surface area contributed by atoms with E-state index in [2.05, 4.69) is 108 Å². The Labute approximate surface area is 189 Å². The lowest BCUT2D eigenvalue weighted by atomic mass is 9.92. The van der Waals surface area contributed by atoms with Gasteiger partial charge in [-0.2, -0.15) is 0 Å². The maximum atomic E-state index is 4.64. The van der Waals surface area contributed by atoms with Crippen LogP contribution in [0.1, 0.15) is 34.0 Å². The van der Waals surface area contributed by atoms with E-state index in [0.29, 0.717) is 0 Å². The third-order valence-electron chi connectivity index (χ3n) is 5.84. The summed E-state index contributed by atoms with van der Waals surface area (Å²) in [7, 11) is 0. The zero-order valence-electron chi connectivity index (χ0n) is 18.3. The monoisotopic (exact) mass is 415 g/mol. The molecule has 1 unspecified atom stereocenters. The molecule has 0 spiro atoms. The number of pyridine rings is 2. The fraction of sp³-hybridized carbons (Fsp3) is 0.103. The molecule has 1 aliphatic heterocycles. The molecule has 3 nitrogen and oxygen atoms in total. The molecular weight excluding hydrogens is 390 g/mol. The third kappa shape index (κ3) is 3.97. The zero-order valence-corrected chi connectivity index (χ0v) is 18.3. The molecule has 0 bridgehead atoms. The third-order valence-corrected chi connectivity index (χ3v) is 5.84. The van der Waals surface area contributed by atoms with Crippen LogP contribution >= 0.6 is 0 Å². The van der Waals surface area contributed by atoms with Gasteiger partial charge in [-0.3, -0.25) is 9.97 Å². The molecule has 156 valence electrons. The summed E-state index contributed by atoms with van der Waals surface area (Å²) in [5.41, 5.74) is 9.25. The summed E-state index contributed by atoms with van der Waals surface area (Å²) in [5, 5.41) is 0. The number of anilines is 1. The van der Waals surface area contributed by atoms with Crippen molar-refractivity contribution >= 4 is 17.0 Å². The van der Waals surface area contributed by atoms with Crippen LogP contribution in [-0.4, -0.2) is 9.97 Å². The number of hydrogen-bond acceptors (Lipinski definition) is 3. The van der Waals surface area contributed by atoms with Crippen molar-refractivity contribution in [3.63, 3.8) is 0 Å². The number of nitrogens with zero attached hydrogens (tertiary/aromatic N) is 3. The van der Waals surface area contributed by atoms with E-state index >= 15 is 0 Å². The zero-order chi connectivity index (χ0) is 21.9. The molecule has 5 rings (SSSR count). The van der Waals surface area contributed by atoms with E-state index in [9.17, 15) is 0 Å². The SMILES string of the molecule is Cc1ccc(C2=CC(c3ccccn3)=CC(c3ccc(C)cc3)N2c2ccncc2)cc1. The van der Waals surface area contributed by atoms with Crippen molar-refractivity contribution in [1.82, 2.24) is 9.97 Å². The highest BCUT2D eigenvalue weighted by molar-refractivity contribution is 5.93. The fourth-order valence-corrected chi connectivity index (χ4v) is 4.11. The molecule has 1 aliphatic rings. The molecule has 0 aliphatic carbocycles. The Morgan fingerprint density at radius 3 is 2.06 bits per heavy atom. The predicted molar refractivity (Wildman–Crippen MR) is 132 cm³/mol. The summed E-state index contributed by atoms with van der Waals surface area (Å²) in [6.07, 6.45) is 10.1. The van der Waals surface area contributed by atoms with E-state index in [1.807, 2.05) is 30.7 Å². The number of aromatic nitrogens is 2. The van der Waals surface area contributed by atoms with Crippen LogP contribution in [0.25, 0.3) is 11.3 Å². The minimum atomic E-state index is 0.0244. The van der Waals surface area contributed by atoms with Crippen LogP contribution in [0, 0.1) is 13.8 Å². The summed E-state index contributed by atoms with van der Waals surface area (Å²) in [6.45, 7) is 4.24. The average Bonchev–Trinajstić information content (AvgIpc) is 2.85. The van der Waals surface area contributed by atoms with Gasteiger partial charge in [0.25, 0.3) is 0 Å². The summed E-state index contributed by atoms with van der Waals surface area (Å²) in [4.78, 5) is 11.3. The highest BCUT2D eigenvalue weighted by Crippen LogP contribution is 2.42. The van der Waals surface area contributed by atoms with E-state index in [4.69, 9.17) is 0 Å². The molecule has 0 saturated carbocycles. The topological polar surface area (TPSA) is 29.0 Å². The Bertz CT molecular complexity index is 1260. The van der Waals surface area contributed by atoms with Gasteiger partial charge in [0.1, 0.15) is 0 Å². The maximum absolute atomic E-state index is 4.64. The van der Waals surface area contributed by atoms with Crippen molar-refractivity contribution < 1.29 is 0 Å². The minimum absolute atomic E-state index is 0.0244. The Morgan fingerprint density at radius 1 is 0.719 bits per heavy atom. The minimum Gasteiger partial charge on any atom is -0.330 e. The van der Waals surface area contributed by atoms with Gasteiger partial charge in [0.05, 0.1) is 11.7 Å². The molecule has 3 heteroatoms. The van der Waals surface area contributed by atoms with E-state index in [0.717, 1.165) is 22.7 Å². The smallest absolute Gasteiger partial charge is 0.0785 e. The molecule has 2 aromatic carbocycles. The first-order chi connectivity index (χ1) is 15.7. The van der Waals surface area contributed by atoms with Crippen LogP contribution < -0.4 is 4.90 Å². The van der Waals surface area contributed by atoms with E-state index < -0.39 is 0 Å². The van der Waals surface area contributed by atoms with Crippen molar-refractivity contribution in [2.45, 2.75) is 19.9 Å². The Hall–Kier alpha value is -3.98. The van der Waals surface area contributed by atoms with Gasteiger partial charge in [-0.05, 0) is 61.4 Å². The number of rotatable bonds is 4. The van der Waals surface area contributed by atoms with Crippen LogP contribution in [0.15, 0.2) is 110 Å². The second-order valence-corrected chi connectivity index (χ2v) is 8.16. The molecule has 0 N–H and O–H groups in total. The van der Waals surface area contributed by atoms with Gasteiger partial charge < -0.3 is 4.90 Å². The number of allylic oxidation sites excluding steroid dienone is 2. The van der Waals surface area contributed by atoms with Gasteiger partial charge in [0.2, 0.25) is 0 Å². The van der Waals surface area contributed by atoms with Crippen molar-refractivity contribution in [1.29, 1.82) is 0 Å². The molecule has 0 radical (unpaired) electrons. The van der Waals surface area contributed by atoms with Crippen LogP contribution in [0.2, 0.25) is 0 Å². The van der Waals surface area contributed by atoms with Crippen molar-refractivity contribution in [2.75, 3.05) is 4.90 Å². The maximum Gasteiger partial charge on any atom is 0.0785 e. The second-order valence-electron chi connectivity index (χ2n) is 8.16. The highest BCUT2D eigenvalue weighted by Gasteiger charge is 2.28. The Morgan fingerprint density at radius 2 is 1.41 bits per heavy atom. The largest absolute Gasteiger partial charge is 0.330 e. The average molecular weight is 416 g/mol. The van der Waals surface area contributed by atoms with Gasteiger partial charge in [-0.15, -0.1) is 0 Å². The fourth-order valence-electron chi connectivity index (χ4n) is 4.11. The predicted octanol–water partition coefficient (Wildman–Crippen LogP) is 6.78. The van der Waals surface area contributed by atoms with Crippen LogP contribution in [0.5, 0.6) is 0 Å². The quantitative estimate of drug-likeness (QED) is 0.368. The van der Waals surface area contributed by atoms with Crippen LogP contribution in [-0.2, 0) is 0 Å². The number of benzene rings is 2. The lowest BCUT2D eigenvalue weighted by molar-refractivity contribution is 0.849. The first-order valence-electron chi connectivity index (χ1n) is 10.9. The first-order valence-corrected chi connectivity index (χ1v) is 10.9. The van der Waals surface area contributed by atoms with Gasteiger partial charge in [0, 0.05) is 35.5 Å². The summed E-state index contributed by atoms with van der Waals surface area (Å²) in [6, 6.07) is 27.8. The van der Waals surface area contributed by atoms with Gasteiger partial charge in [-0.1, -0.05) is 65.7 Å². The lowest BCUT2D eigenvalue weighted by Crippen LogP contribution is -2.29. The summed E-state index contributed by atoms with van der Waals surface area (Å²) in [5.74, 6) is 0. The molecule has 0 amide bonds. The van der Waals surface area contributed by atoms with E-state index in [1.54, 1.807) is 0 Å². The molecule has 0 saturated heterocycles. The first kappa shape index (κ1) is 20.0. The van der Waals surface area contributed by atoms with Crippen molar-refractivity contribution in [3.05, 3.63) is 138 Å². The van der Waals surface area contributed by atoms with Crippen molar-refractivity contribution in [3.8, 4) is 0 Å². The van der Waals surface area contributed by atoms with Crippen LogP contribution in [0.4, 0.5) is 5.69 Å². The molecular formula is C29H25N3. The van der Waals surface area contributed by atoms with Gasteiger partial charge in [0.15, 0.2) is 0 Å².